The summed E-state index contributed by atoms with van der Waals surface area (Å²) < 4.78 is 0.892. The van der Waals surface area contributed by atoms with E-state index in [0.29, 0.717) is 22.8 Å². The number of hydrazone groups is 1. The van der Waals surface area contributed by atoms with Crippen LogP contribution >= 0.6 is 27.5 Å². The van der Waals surface area contributed by atoms with E-state index < -0.39 is 23.8 Å². The number of carbonyl (C=O) groups is 3. The lowest BCUT2D eigenvalue weighted by molar-refractivity contribution is -0.141. The topological polar surface area (TPSA) is 99.1 Å². The fourth-order valence-electron chi connectivity index (χ4n) is 5.05. The van der Waals surface area contributed by atoms with Crippen LogP contribution < -0.4 is 5.32 Å². The number of hydrogen-bond donors (Lipinski definition) is 2. The van der Waals surface area contributed by atoms with Crippen molar-refractivity contribution >= 4 is 56.7 Å². The Morgan fingerprint density at radius 1 is 1.00 bits per heavy atom. The zero-order chi connectivity index (χ0) is 26.1. The van der Waals surface area contributed by atoms with E-state index in [4.69, 9.17) is 21.8 Å². The fraction of sp³-hybridized carbons (Fsp3) is 0.214. The maximum Gasteiger partial charge on any atom is 0.303 e. The van der Waals surface area contributed by atoms with Crippen LogP contribution in [-0.2, 0) is 14.4 Å². The quantitative estimate of drug-likeness (QED) is 0.374. The zero-order valence-electron chi connectivity index (χ0n) is 19.6. The summed E-state index contributed by atoms with van der Waals surface area (Å²) in [4.78, 5) is 37.8. The highest BCUT2D eigenvalue weighted by molar-refractivity contribution is 9.10. The Morgan fingerprint density at radius 2 is 1.73 bits per heavy atom. The number of rotatable bonds is 6. The Balaban J connectivity index is 1.58. The van der Waals surface area contributed by atoms with E-state index in [2.05, 4.69) is 21.2 Å². The molecular weight excluding hydrogens is 558 g/mol. The Hall–Kier alpha value is -3.49. The van der Waals surface area contributed by atoms with E-state index in [9.17, 15) is 14.4 Å². The summed E-state index contributed by atoms with van der Waals surface area (Å²) >= 11 is 9.80. The van der Waals surface area contributed by atoms with E-state index in [1.54, 1.807) is 12.1 Å². The number of aliphatic carboxylic acids is 1. The third kappa shape index (κ3) is 5.17. The number of halogens is 2. The van der Waals surface area contributed by atoms with Gasteiger partial charge in [0.05, 0.1) is 24.1 Å². The average Bonchev–Trinajstić information content (AvgIpc) is 3.32. The van der Waals surface area contributed by atoms with Crippen LogP contribution in [-0.4, -0.2) is 33.6 Å². The number of hydrogen-bond acceptors (Lipinski definition) is 4. The van der Waals surface area contributed by atoms with E-state index in [1.807, 2.05) is 60.7 Å². The minimum absolute atomic E-state index is 0.184. The summed E-state index contributed by atoms with van der Waals surface area (Å²) in [5, 5.41) is 18.7. The van der Waals surface area contributed by atoms with Crippen LogP contribution in [0.3, 0.4) is 0 Å². The van der Waals surface area contributed by atoms with E-state index in [1.165, 1.54) is 5.01 Å². The molecule has 3 atom stereocenters. The minimum Gasteiger partial charge on any atom is -0.481 e. The van der Waals surface area contributed by atoms with Gasteiger partial charge in [-0.25, -0.2) is 5.01 Å². The summed E-state index contributed by atoms with van der Waals surface area (Å²) in [6, 6.07) is 22.2. The number of nitrogens with one attached hydrogen (secondary N) is 1. The first-order valence-corrected chi connectivity index (χ1v) is 13.0. The van der Waals surface area contributed by atoms with Crippen LogP contribution in [0.25, 0.3) is 0 Å². The lowest BCUT2D eigenvalue weighted by Gasteiger charge is -2.33. The second-order valence-corrected chi connectivity index (χ2v) is 10.4. The predicted molar refractivity (Wildman–Crippen MR) is 145 cm³/mol. The van der Waals surface area contributed by atoms with Crippen molar-refractivity contribution in [1.82, 2.24) is 5.01 Å². The van der Waals surface area contributed by atoms with Crippen molar-refractivity contribution in [1.29, 1.82) is 0 Å². The van der Waals surface area contributed by atoms with Gasteiger partial charge in [0.1, 0.15) is 0 Å². The van der Waals surface area contributed by atoms with Gasteiger partial charge in [-0.3, -0.25) is 14.4 Å². The zero-order valence-corrected chi connectivity index (χ0v) is 21.9. The van der Waals surface area contributed by atoms with Crippen molar-refractivity contribution in [3.63, 3.8) is 0 Å². The monoisotopic (exact) mass is 579 g/mol. The van der Waals surface area contributed by atoms with Crippen molar-refractivity contribution in [3.05, 3.63) is 99.0 Å². The lowest BCUT2D eigenvalue weighted by atomic mass is 9.74. The maximum absolute atomic E-state index is 13.6. The van der Waals surface area contributed by atoms with E-state index in [0.717, 1.165) is 21.2 Å². The minimum atomic E-state index is -1.05. The molecule has 0 fully saturated rings. The third-order valence-corrected chi connectivity index (χ3v) is 7.50. The molecule has 7 nitrogen and oxygen atoms in total. The molecule has 0 aromatic heterocycles. The molecule has 0 saturated heterocycles. The molecular formula is C28H23BrClN3O4. The van der Waals surface area contributed by atoms with Crippen LogP contribution in [0.15, 0.2) is 82.4 Å². The molecule has 0 aliphatic carbocycles. The molecule has 9 heteroatoms. The maximum atomic E-state index is 13.6. The number of carboxylic acids is 1. The van der Waals surface area contributed by atoms with Gasteiger partial charge in [-0.15, -0.1) is 0 Å². The SMILES string of the molecule is O=C(O)CCC(=O)N1N=C(C2C(=O)Nc3ccc(Cl)cc3C2c2ccccc2)CC1c1ccc(Br)cc1. The molecule has 0 saturated carbocycles. The molecule has 2 aliphatic rings. The Morgan fingerprint density at radius 3 is 2.43 bits per heavy atom. The molecule has 2 N–H and O–H groups in total. The highest BCUT2D eigenvalue weighted by Crippen LogP contribution is 2.45. The van der Waals surface area contributed by atoms with Gasteiger partial charge in [0.15, 0.2) is 0 Å². The van der Waals surface area contributed by atoms with Crippen LogP contribution in [0.5, 0.6) is 0 Å². The molecule has 3 unspecified atom stereocenters. The number of anilines is 1. The van der Waals surface area contributed by atoms with E-state index in [-0.39, 0.29) is 24.7 Å². The lowest BCUT2D eigenvalue weighted by Crippen LogP contribution is -2.39. The van der Waals surface area contributed by atoms with Crippen LogP contribution in [0, 0.1) is 5.92 Å². The second kappa shape index (κ2) is 10.5. The van der Waals surface area contributed by atoms with Crippen molar-refractivity contribution in [2.24, 2.45) is 11.0 Å². The third-order valence-electron chi connectivity index (χ3n) is 6.74. The summed E-state index contributed by atoms with van der Waals surface area (Å²) in [5.74, 6) is -2.70. The average molecular weight is 581 g/mol. The first-order valence-electron chi connectivity index (χ1n) is 11.8. The predicted octanol–water partition coefficient (Wildman–Crippen LogP) is 6.00. The van der Waals surface area contributed by atoms with Crippen LogP contribution in [0.2, 0.25) is 5.02 Å². The van der Waals surface area contributed by atoms with Gasteiger partial charge in [0.2, 0.25) is 11.8 Å². The Bertz CT molecular complexity index is 1390. The molecule has 5 rings (SSSR count). The number of benzene rings is 3. The number of carboxylic acid groups (broad SMARTS) is 1. The van der Waals surface area contributed by atoms with Gasteiger partial charge in [-0.05, 0) is 47.0 Å². The summed E-state index contributed by atoms with van der Waals surface area (Å²) in [5.41, 5.74) is 3.92. The molecule has 2 amide bonds. The molecule has 2 aliphatic heterocycles. The normalized spacial score (nSPS) is 20.7. The van der Waals surface area contributed by atoms with Gasteiger partial charge in [0, 0.05) is 33.9 Å². The molecule has 0 spiro atoms. The molecule has 0 radical (unpaired) electrons. The number of carbonyl (C=O) groups excluding carboxylic acids is 2. The summed E-state index contributed by atoms with van der Waals surface area (Å²) in [6.07, 6.45) is -0.135. The fourth-order valence-corrected chi connectivity index (χ4v) is 5.49. The van der Waals surface area contributed by atoms with Gasteiger partial charge in [-0.2, -0.15) is 5.10 Å². The molecule has 37 heavy (non-hydrogen) atoms. The van der Waals surface area contributed by atoms with Gasteiger partial charge >= 0.3 is 5.97 Å². The van der Waals surface area contributed by atoms with Crippen molar-refractivity contribution in [2.45, 2.75) is 31.2 Å². The van der Waals surface area contributed by atoms with Crippen LogP contribution in [0.4, 0.5) is 5.69 Å². The Kier molecular flexibility index (Phi) is 7.13. The van der Waals surface area contributed by atoms with Crippen LogP contribution in [0.1, 0.15) is 47.9 Å². The summed E-state index contributed by atoms with van der Waals surface area (Å²) in [7, 11) is 0. The first-order chi connectivity index (χ1) is 17.8. The highest BCUT2D eigenvalue weighted by atomic mass is 79.9. The molecule has 2 heterocycles. The van der Waals surface area contributed by atoms with Gasteiger partial charge in [-0.1, -0.05) is 70.0 Å². The largest absolute Gasteiger partial charge is 0.481 e. The van der Waals surface area contributed by atoms with Crippen molar-refractivity contribution in [2.75, 3.05) is 5.32 Å². The smallest absolute Gasteiger partial charge is 0.303 e. The number of nitrogens with zero attached hydrogens (tertiary/aromatic N) is 2. The van der Waals surface area contributed by atoms with E-state index >= 15 is 0 Å². The van der Waals surface area contributed by atoms with Crippen molar-refractivity contribution < 1.29 is 19.5 Å². The number of amides is 2. The van der Waals surface area contributed by atoms with Gasteiger partial charge in [0.25, 0.3) is 0 Å². The van der Waals surface area contributed by atoms with Gasteiger partial charge < -0.3 is 10.4 Å². The molecule has 3 aromatic carbocycles. The number of fused-ring (bicyclic) bond motifs is 1. The molecule has 3 aromatic rings. The first kappa shape index (κ1) is 25.2. The highest BCUT2D eigenvalue weighted by Gasteiger charge is 2.44. The standard InChI is InChI=1S/C28H23BrClN3O4/c29-18-8-6-16(7-9-18)23-15-22(32-33(23)24(34)12-13-25(35)36)27-26(17-4-2-1-3-5-17)20-14-19(30)10-11-21(20)31-28(27)37/h1-11,14,23,26-27H,12-13,15H2,(H,31,37)(H,35,36). The van der Waals surface area contributed by atoms with Crippen molar-refractivity contribution in [3.8, 4) is 0 Å². The molecule has 188 valence electrons. The summed E-state index contributed by atoms with van der Waals surface area (Å²) in [6.45, 7) is 0. The Labute approximate surface area is 227 Å². The molecule has 0 bridgehead atoms. The second-order valence-electron chi connectivity index (χ2n) is 9.08.